The third-order valence-electron chi connectivity index (χ3n) is 4.44. The number of hydrogen-bond acceptors (Lipinski definition) is 1. The summed E-state index contributed by atoms with van der Waals surface area (Å²) in [7, 11) is 2.60. The van der Waals surface area contributed by atoms with E-state index in [-0.39, 0.29) is 0 Å². The monoisotopic (exact) mass is 400 g/mol. The molecule has 0 aliphatic heterocycles. The summed E-state index contributed by atoms with van der Waals surface area (Å²) in [4.78, 5) is 0. The largest absolute Gasteiger partial charge is 0.507 e. The van der Waals surface area contributed by atoms with Crippen LogP contribution in [0.3, 0.4) is 0 Å². The minimum atomic E-state index is 0.565. The Labute approximate surface area is 161 Å². The molecule has 4 heteroatoms. The van der Waals surface area contributed by atoms with Crippen LogP contribution in [0, 0.1) is 0 Å². The Morgan fingerprint density at radius 3 is 1.64 bits per heavy atom. The van der Waals surface area contributed by atoms with Gasteiger partial charge in [-0.25, -0.2) is 0 Å². The maximum Gasteiger partial charge on any atom is 0.123 e. The lowest BCUT2D eigenvalue weighted by Crippen LogP contribution is -2.29. The minimum Gasteiger partial charge on any atom is -0.507 e. The third-order valence-corrected chi connectivity index (χ3v) is 9.28. The molecule has 0 aliphatic rings. The zero-order valence-electron chi connectivity index (χ0n) is 16.6. The first-order chi connectivity index (χ1) is 12.2. The van der Waals surface area contributed by atoms with Gasteiger partial charge in [0.25, 0.3) is 0 Å². The van der Waals surface area contributed by atoms with Crippen LogP contribution in [-0.2, 0) is 0 Å². The van der Waals surface area contributed by atoms with E-state index in [0.29, 0.717) is 5.75 Å². The molecule has 1 aromatic carbocycles. The fraction of sp³-hybridized carbons (Fsp3) is 0.714. The Kier molecular flexibility index (Phi) is 14.4. The van der Waals surface area contributed by atoms with E-state index in [0.717, 1.165) is 25.7 Å². The summed E-state index contributed by atoms with van der Waals surface area (Å²) in [6.07, 6.45) is 15.7. The second-order valence-electron chi connectivity index (χ2n) is 6.78. The van der Waals surface area contributed by atoms with Crippen molar-refractivity contribution in [2.24, 2.45) is 0 Å². The summed E-state index contributed by atoms with van der Waals surface area (Å²) in [6.45, 7) is 6.82. The zero-order chi connectivity index (χ0) is 18.3. The number of hydrogen-bond donors (Lipinski definition) is 1. The first-order valence-electron chi connectivity index (χ1n) is 10.3. The third kappa shape index (κ3) is 9.70. The SMILES string of the molecule is CCCCCPc1ccc(O)c(PCCCCC)c1PCCCCC. The number of aromatic hydroxyl groups is 1. The molecule has 1 rings (SSSR count). The van der Waals surface area contributed by atoms with E-state index in [1.54, 1.807) is 10.6 Å². The molecule has 0 bridgehead atoms. The highest BCUT2D eigenvalue weighted by atomic mass is 31.1. The fourth-order valence-corrected chi connectivity index (χ4v) is 7.77. The number of rotatable bonds is 15. The summed E-state index contributed by atoms with van der Waals surface area (Å²) in [5.41, 5.74) is 0. The Morgan fingerprint density at radius 2 is 1.12 bits per heavy atom. The molecule has 0 saturated heterocycles. The van der Waals surface area contributed by atoms with Gasteiger partial charge in [-0.05, 0) is 54.4 Å². The quantitative estimate of drug-likeness (QED) is 0.288. The van der Waals surface area contributed by atoms with Crippen LogP contribution in [-0.4, -0.2) is 23.6 Å². The van der Waals surface area contributed by atoms with Gasteiger partial charge in [0.15, 0.2) is 0 Å². The summed E-state index contributed by atoms with van der Waals surface area (Å²) in [5, 5.41) is 14.9. The fourth-order valence-electron chi connectivity index (χ4n) is 2.88. The molecule has 0 heterocycles. The van der Waals surface area contributed by atoms with Gasteiger partial charge in [0.1, 0.15) is 5.75 Å². The van der Waals surface area contributed by atoms with Gasteiger partial charge in [-0.15, -0.1) is 0 Å². The zero-order valence-corrected chi connectivity index (χ0v) is 19.6. The highest BCUT2D eigenvalue weighted by molar-refractivity contribution is 7.58. The van der Waals surface area contributed by atoms with Crippen molar-refractivity contribution in [2.75, 3.05) is 18.5 Å². The average molecular weight is 400 g/mol. The van der Waals surface area contributed by atoms with Crippen molar-refractivity contribution in [3.63, 3.8) is 0 Å². The lowest BCUT2D eigenvalue weighted by atomic mass is 10.3. The van der Waals surface area contributed by atoms with Crippen LogP contribution in [0.15, 0.2) is 12.1 Å². The normalized spacial score (nSPS) is 12.6. The molecule has 0 amide bonds. The molecule has 0 saturated carbocycles. The second kappa shape index (κ2) is 15.4. The van der Waals surface area contributed by atoms with E-state index in [2.05, 4.69) is 26.8 Å². The summed E-state index contributed by atoms with van der Waals surface area (Å²) >= 11 is 0. The summed E-state index contributed by atoms with van der Waals surface area (Å²) in [5.74, 6) is 0.565. The molecule has 1 N–H and O–H groups in total. The molecule has 1 nitrogen and oxygen atoms in total. The lowest BCUT2D eigenvalue weighted by molar-refractivity contribution is 0.480. The average Bonchev–Trinajstić information content (AvgIpc) is 2.62. The standard InChI is InChI=1S/C21H39OP3/c1-4-7-10-15-23-19-14-13-18(22)20(24-16-11-8-5-2)21(19)25-17-12-9-6-3/h13-14,22-25H,4-12,15-17H2,1-3H3. The van der Waals surface area contributed by atoms with E-state index in [4.69, 9.17) is 0 Å². The predicted molar refractivity (Wildman–Crippen MR) is 125 cm³/mol. The Balaban J connectivity index is 2.80. The van der Waals surface area contributed by atoms with Gasteiger partial charge in [-0.1, -0.05) is 91.1 Å². The Bertz CT molecular complexity index is 463. The Morgan fingerprint density at radius 1 is 0.640 bits per heavy atom. The van der Waals surface area contributed by atoms with Crippen molar-refractivity contribution in [3.8, 4) is 5.75 Å². The van der Waals surface area contributed by atoms with Gasteiger partial charge >= 0.3 is 0 Å². The highest BCUT2D eigenvalue weighted by Gasteiger charge is 2.13. The van der Waals surface area contributed by atoms with Crippen LogP contribution >= 0.6 is 25.7 Å². The molecule has 0 radical (unpaired) electrons. The van der Waals surface area contributed by atoms with E-state index < -0.39 is 0 Å². The predicted octanol–water partition coefficient (Wildman–Crippen LogP) is 5.87. The lowest BCUT2D eigenvalue weighted by Gasteiger charge is -2.17. The van der Waals surface area contributed by atoms with Crippen molar-refractivity contribution in [1.29, 1.82) is 0 Å². The first kappa shape index (κ1) is 23.3. The van der Waals surface area contributed by atoms with Gasteiger partial charge in [-0.2, -0.15) is 0 Å². The van der Waals surface area contributed by atoms with Crippen LogP contribution < -0.4 is 15.9 Å². The number of phenols is 1. The number of benzene rings is 1. The van der Waals surface area contributed by atoms with Crippen LogP contribution in [0.25, 0.3) is 0 Å². The van der Waals surface area contributed by atoms with E-state index in [1.165, 1.54) is 81.6 Å². The summed E-state index contributed by atoms with van der Waals surface area (Å²) < 4.78 is 0. The van der Waals surface area contributed by atoms with Crippen LogP contribution in [0.4, 0.5) is 0 Å². The molecule has 3 unspecified atom stereocenters. The van der Waals surface area contributed by atoms with Crippen LogP contribution in [0.5, 0.6) is 5.75 Å². The van der Waals surface area contributed by atoms with E-state index in [1.807, 2.05) is 6.07 Å². The summed E-state index contributed by atoms with van der Waals surface area (Å²) in [6, 6.07) is 4.20. The van der Waals surface area contributed by atoms with Gasteiger partial charge in [0.2, 0.25) is 0 Å². The molecule has 0 aliphatic carbocycles. The van der Waals surface area contributed by atoms with E-state index >= 15 is 0 Å². The Hall–Kier alpha value is 0.310. The first-order valence-corrected chi connectivity index (χ1v) is 13.9. The van der Waals surface area contributed by atoms with Crippen LogP contribution in [0.1, 0.15) is 78.6 Å². The topological polar surface area (TPSA) is 20.2 Å². The molecule has 0 fully saturated rings. The molecule has 25 heavy (non-hydrogen) atoms. The molecule has 1 aromatic rings. The molecule has 0 aromatic heterocycles. The highest BCUT2D eigenvalue weighted by Crippen LogP contribution is 2.26. The van der Waals surface area contributed by atoms with Gasteiger partial charge in [-0.3, -0.25) is 0 Å². The van der Waals surface area contributed by atoms with Crippen molar-refractivity contribution in [3.05, 3.63) is 12.1 Å². The molecular weight excluding hydrogens is 361 g/mol. The van der Waals surface area contributed by atoms with Crippen molar-refractivity contribution in [1.82, 2.24) is 0 Å². The second-order valence-corrected chi connectivity index (χ2v) is 10.9. The smallest absolute Gasteiger partial charge is 0.123 e. The maximum atomic E-state index is 10.5. The molecule has 0 spiro atoms. The molecule has 144 valence electrons. The van der Waals surface area contributed by atoms with Gasteiger partial charge in [0.05, 0.1) is 0 Å². The van der Waals surface area contributed by atoms with Crippen molar-refractivity contribution in [2.45, 2.75) is 78.6 Å². The van der Waals surface area contributed by atoms with Crippen LogP contribution in [0.2, 0.25) is 0 Å². The molecular formula is C21H39OP3. The molecule has 3 atom stereocenters. The van der Waals surface area contributed by atoms with Crippen molar-refractivity contribution >= 4 is 41.7 Å². The van der Waals surface area contributed by atoms with Gasteiger partial charge in [0, 0.05) is 5.30 Å². The van der Waals surface area contributed by atoms with Crippen molar-refractivity contribution < 1.29 is 5.11 Å². The van der Waals surface area contributed by atoms with Gasteiger partial charge < -0.3 is 5.11 Å². The maximum absolute atomic E-state index is 10.5. The van der Waals surface area contributed by atoms with E-state index in [9.17, 15) is 5.11 Å². The number of unbranched alkanes of at least 4 members (excludes halogenated alkanes) is 6. The number of phenolic OH excluding ortho intramolecular Hbond substituents is 1. The minimum absolute atomic E-state index is 0.565.